The summed E-state index contributed by atoms with van der Waals surface area (Å²) in [5.74, 6) is 0.0759. The molecule has 154 valence electrons. The van der Waals surface area contributed by atoms with Crippen LogP contribution in [-0.2, 0) is 11.3 Å². The van der Waals surface area contributed by atoms with Gasteiger partial charge in [0.1, 0.15) is 11.6 Å². The summed E-state index contributed by atoms with van der Waals surface area (Å²) in [6, 6.07) is 1.92. The first-order chi connectivity index (χ1) is 13.5. The van der Waals surface area contributed by atoms with Crippen LogP contribution in [0.15, 0.2) is 4.79 Å². The summed E-state index contributed by atoms with van der Waals surface area (Å²) in [5.41, 5.74) is -0.166. The second-order valence-electron chi connectivity index (χ2n) is 7.84. The Morgan fingerprint density at radius 3 is 2.54 bits per heavy atom. The van der Waals surface area contributed by atoms with E-state index >= 15 is 0 Å². The van der Waals surface area contributed by atoms with E-state index in [1.165, 1.54) is 19.3 Å². The lowest BCUT2D eigenvalue weighted by atomic mass is 9.76. The Balaban J connectivity index is 2.29. The van der Waals surface area contributed by atoms with Crippen molar-refractivity contribution in [2.75, 3.05) is 13.7 Å². The fourth-order valence-electron chi connectivity index (χ4n) is 4.23. The average Bonchev–Trinajstić information content (AvgIpc) is 2.69. The van der Waals surface area contributed by atoms with Crippen molar-refractivity contribution in [2.45, 2.75) is 71.8 Å². The number of carbonyl (C=O) groups is 1. The molecule has 0 aliphatic heterocycles. The van der Waals surface area contributed by atoms with E-state index in [1.54, 1.807) is 14.0 Å². The highest BCUT2D eigenvalue weighted by Crippen LogP contribution is 2.36. The molecule has 1 aliphatic rings. The quantitative estimate of drug-likeness (QED) is 0.511. The van der Waals surface area contributed by atoms with E-state index in [9.17, 15) is 20.0 Å². The maximum atomic E-state index is 13.2. The standard InChI is InChI=1S/C22H32N2O4/c1-4-5-7-16-8-10-17(11-9-16)20(25)19-15(2)18(14-23)21(26)24(22(19)27)12-6-13-28-3/h16-17,27H,4-13H2,1-3H3. The van der Waals surface area contributed by atoms with Crippen LogP contribution in [-0.4, -0.2) is 29.2 Å². The maximum Gasteiger partial charge on any atom is 0.271 e. The zero-order chi connectivity index (χ0) is 20.7. The number of carbonyl (C=O) groups excluding carboxylic acids is 1. The number of ether oxygens (including phenoxy) is 1. The highest BCUT2D eigenvalue weighted by atomic mass is 16.5. The van der Waals surface area contributed by atoms with Gasteiger partial charge in [0.15, 0.2) is 5.78 Å². The van der Waals surface area contributed by atoms with Gasteiger partial charge in [-0.1, -0.05) is 26.2 Å². The zero-order valence-corrected chi connectivity index (χ0v) is 17.3. The zero-order valence-electron chi connectivity index (χ0n) is 17.3. The summed E-state index contributed by atoms with van der Waals surface area (Å²) in [4.78, 5) is 25.8. The molecule has 6 heteroatoms. The van der Waals surface area contributed by atoms with Gasteiger partial charge in [0, 0.05) is 26.2 Å². The molecule has 0 saturated heterocycles. The van der Waals surface area contributed by atoms with Crippen molar-refractivity contribution in [3.63, 3.8) is 0 Å². The minimum Gasteiger partial charge on any atom is -0.494 e. The second kappa shape index (κ2) is 10.4. The number of hydrogen-bond donors (Lipinski definition) is 1. The molecule has 0 amide bonds. The summed E-state index contributed by atoms with van der Waals surface area (Å²) in [6.45, 7) is 4.40. The highest BCUT2D eigenvalue weighted by molar-refractivity contribution is 6.01. The molecule has 1 fully saturated rings. The van der Waals surface area contributed by atoms with E-state index in [0.29, 0.717) is 24.5 Å². The molecule has 1 heterocycles. The predicted octanol–water partition coefficient (Wildman–Crippen LogP) is 3.95. The minimum absolute atomic E-state index is 0.0600. The van der Waals surface area contributed by atoms with Crippen molar-refractivity contribution in [1.29, 1.82) is 5.26 Å². The number of pyridine rings is 1. The largest absolute Gasteiger partial charge is 0.494 e. The van der Waals surface area contributed by atoms with Crippen molar-refractivity contribution in [1.82, 2.24) is 4.57 Å². The van der Waals surface area contributed by atoms with Gasteiger partial charge in [-0.2, -0.15) is 5.26 Å². The third-order valence-corrected chi connectivity index (χ3v) is 5.96. The third kappa shape index (κ3) is 4.82. The van der Waals surface area contributed by atoms with Crippen LogP contribution in [0.4, 0.5) is 0 Å². The molecule has 1 aromatic heterocycles. The Kier molecular flexibility index (Phi) is 8.25. The first-order valence-corrected chi connectivity index (χ1v) is 10.4. The number of hydrogen-bond acceptors (Lipinski definition) is 5. The van der Waals surface area contributed by atoms with E-state index in [4.69, 9.17) is 4.74 Å². The number of nitriles is 1. The summed E-state index contributed by atoms with van der Waals surface area (Å²) in [6.07, 6.45) is 7.78. The fourth-order valence-corrected chi connectivity index (χ4v) is 4.23. The number of aromatic hydroxyl groups is 1. The lowest BCUT2D eigenvalue weighted by molar-refractivity contribution is 0.0864. The molecule has 1 N–H and O–H groups in total. The molecule has 0 unspecified atom stereocenters. The van der Waals surface area contributed by atoms with Gasteiger partial charge in [0.25, 0.3) is 5.56 Å². The van der Waals surface area contributed by atoms with E-state index in [0.717, 1.165) is 30.3 Å². The summed E-state index contributed by atoms with van der Waals surface area (Å²) in [5, 5.41) is 20.2. The fraction of sp³-hybridized carbons (Fsp3) is 0.682. The molecular weight excluding hydrogens is 356 g/mol. The Hall–Kier alpha value is -2.13. The molecule has 0 aromatic carbocycles. The maximum absolute atomic E-state index is 13.2. The van der Waals surface area contributed by atoms with Crippen molar-refractivity contribution in [2.24, 2.45) is 11.8 Å². The number of unbranched alkanes of at least 4 members (excludes halogenated alkanes) is 1. The van der Waals surface area contributed by atoms with Crippen molar-refractivity contribution in [3.05, 3.63) is 27.0 Å². The van der Waals surface area contributed by atoms with E-state index in [2.05, 4.69) is 6.92 Å². The van der Waals surface area contributed by atoms with E-state index in [-0.39, 0.29) is 35.3 Å². The van der Waals surface area contributed by atoms with Crippen molar-refractivity contribution in [3.8, 4) is 11.9 Å². The van der Waals surface area contributed by atoms with E-state index < -0.39 is 5.56 Å². The molecule has 0 radical (unpaired) electrons. The topological polar surface area (TPSA) is 92.3 Å². The van der Waals surface area contributed by atoms with Gasteiger partial charge in [-0.15, -0.1) is 0 Å². The van der Waals surface area contributed by atoms with Crippen LogP contribution >= 0.6 is 0 Å². The van der Waals surface area contributed by atoms with Crippen LogP contribution in [0.2, 0.25) is 0 Å². The predicted molar refractivity (Wildman–Crippen MR) is 108 cm³/mol. The van der Waals surface area contributed by atoms with Crippen LogP contribution in [0.3, 0.4) is 0 Å². The van der Waals surface area contributed by atoms with Crippen molar-refractivity contribution < 1.29 is 14.6 Å². The van der Waals surface area contributed by atoms with E-state index in [1.807, 2.05) is 6.07 Å². The second-order valence-corrected chi connectivity index (χ2v) is 7.84. The minimum atomic E-state index is -0.548. The average molecular weight is 389 g/mol. The Labute approximate surface area is 167 Å². The van der Waals surface area contributed by atoms with Crippen LogP contribution < -0.4 is 5.56 Å². The third-order valence-electron chi connectivity index (χ3n) is 5.96. The number of Topliss-reactive ketones (excluding diaryl/α,β-unsaturated/α-hetero) is 1. The summed E-state index contributed by atoms with van der Waals surface area (Å²) < 4.78 is 6.15. The molecule has 1 saturated carbocycles. The smallest absolute Gasteiger partial charge is 0.271 e. The number of aromatic nitrogens is 1. The van der Waals surface area contributed by atoms with Crippen LogP contribution in [0.25, 0.3) is 0 Å². The Morgan fingerprint density at radius 2 is 1.96 bits per heavy atom. The number of rotatable bonds is 9. The Bertz CT molecular complexity index is 783. The molecule has 1 aliphatic carbocycles. The normalized spacial score (nSPS) is 19.4. The molecule has 6 nitrogen and oxygen atoms in total. The molecule has 2 rings (SSSR count). The number of methoxy groups -OCH3 is 1. The number of nitrogens with zero attached hydrogens (tertiary/aromatic N) is 2. The molecular formula is C22H32N2O4. The SMILES string of the molecule is CCCCC1CCC(C(=O)c2c(C)c(C#N)c(=O)n(CCCOC)c2O)CC1. The van der Waals surface area contributed by atoms with Crippen LogP contribution in [0.1, 0.15) is 79.8 Å². The van der Waals surface area contributed by atoms with Gasteiger partial charge in [-0.25, -0.2) is 0 Å². The summed E-state index contributed by atoms with van der Waals surface area (Å²) >= 11 is 0. The highest BCUT2D eigenvalue weighted by Gasteiger charge is 2.31. The molecule has 28 heavy (non-hydrogen) atoms. The Morgan fingerprint density at radius 1 is 1.29 bits per heavy atom. The first-order valence-electron chi connectivity index (χ1n) is 10.4. The van der Waals surface area contributed by atoms with Gasteiger partial charge in [-0.05, 0) is 50.5 Å². The van der Waals surface area contributed by atoms with Crippen molar-refractivity contribution >= 4 is 5.78 Å². The number of ketones is 1. The summed E-state index contributed by atoms with van der Waals surface area (Å²) in [7, 11) is 1.56. The molecule has 0 atom stereocenters. The molecule has 0 bridgehead atoms. The molecule has 0 spiro atoms. The van der Waals surface area contributed by atoms with Gasteiger partial charge in [0.05, 0.1) is 5.56 Å². The van der Waals surface area contributed by atoms with Crippen LogP contribution in [0.5, 0.6) is 5.88 Å². The lowest BCUT2D eigenvalue weighted by Gasteiger charge is -2.28. The van der Waals surface area contributed by atoms with Crippen LogP contribution in [0, 0.1) is 30.1 Å². The van der Waals surface area contributed by atoms with Gasteiger partial charge < -0.3 is 9.84 Å². The lowest BCUT2D eigenvalue weighted by Crippen LogP contribution is -2.29. The van der Waals surface area contributed by atoms with Gasteiger partial charge in [-0.3, -0.25) is 14.2 Å². The first kappa shape index (κ1) is 22.2. The van der Waals surface area contributed by atoms with Gasteiger partial charge >= 0.3 is 0 Å². The molecule has 1 aromatic rings. The van der Waals surface area contributed by atoms with Gasteiger partial charge in [0.2, 0.25) is 5.88 Å². The monoisotopic (exact) mass is 388 g/mol.